The number of hydrogen-bond acceptors (Lipinski definition) is 8. The van der Waals surface area contributed by atoms with Crippen molar-refractivity contribution in [2.24, 2.45) is 11.8 Å². The van der Waals surface area contributed by atoms with E-state index >= 15 is 0 Å². The number of methoxy groups -OCH3 is 6. The van der Waals surface area contributed by atoms with Crippen molar-refractivity contribution in [2.75, 3.05) is 82.3 Å². The summed E-state index contributed by atoms with van der Waals surface area (Å²) in [5.74, 6) is 0.801. The summed E-state index contributed by atoms with van der Waals surface area (Å²) in [7, 11) is 10.0. The van der Waals surface area contributed by atoms with Crippen LogP contribution in [-0.2, 0) is 28.4 Å². The molecule has 0 fully saturated rings. The van der Waals surface area contributed by atoms with Gasteiger partial charge in [-0.2, -0.15) is 0 Å². The molecule has 2 N–H and O–H groups in total. The molecule has 0 aliphatic rings. The lowest BCUT2D eigenvalue weighted by Crippen LogP contribution is -2.15. The second kappa shape index (κ2) is 33.3. The second-order valence-corrected chi connectivity index (χ2v) is 6.93. The van der Waals surface area contributed by atoms with Crippen LogP contribution in [0.2, 0.25) is 0 Å². The summed E-state index contributed by atoms with van der Waals surface area (Å²) in [6.45, 7) is 11.3. The summed E-state index contributed by atoms with van der Waals surface area (Å²) in [5, 5.41) is 16.8. The Bertz CT molecular complexity index is 250. The molecule has 0 amide bonds. The van der Waals surface area contributed by atoms with Gasteiger partial charge in [0.25, 0.3) is 0 Å². The van der Waals surface area contributed by atoms with Crippen LogP contribution in [0, 0.1) is 11.8 Å². The summed E-state index contributed by atoms with van der Waals surface area (Å²) in [4.78, 5) is 0. The summed E-state index contributed by atoms with van der Waals surface area (Å²) < 4.78 is 29.2. The topological polar surface area (TPSA) is 95.8 Å². The van der Waals surface area contributed by atoms with Gasteiger partial charge in [0, 0.05) is 61.1 Å². The van der Waals surface area contributed by atoms with Gasteiger partial charge in [-0.3, -0.25) is 0 Å². The van der Waals surface area contributed by atoms with E-state index in [4.69, 9.17) is 38.6 Å². The van der Waals surface area contributed by atoms with Crippen molar-refractivity contribution >= 4 is 0 Å². The van der Waals surface area contributed by atoms with E-state index in [1.807, 2.05) is 13.8 Å². The molecule has 0 aliphatic carbocycles. The quantitative estimate of drug-likeness (QED) is 0.422. The zero-order chi connectivity index (χ0) is 24.2. The molecule has 0 aliphatic heterocycles. The maximum Gasteiger partial charge on any atom is 0.0801 e. The minimum atomic E-state index is 0.0417. The molecule has 3 unspecified atom stereocenters. The van der Waals surface area contributed by atoms with Crippen molar-refractivity contribution < 1.29 is 38.6 Å². The van der Waals surface area contributed by atoms with E-state index in [1.165, 1.54) is 0 Å². The molecule has 8 nitrogen and oxygen atoms in total. The zero-order valence-corrected chi connectivity index (χ0v) is 21.3. The van der Waals surface area contributed by atoms with Crippen molar-refractivity contribution in [1.29, 1.82) is 0 Å². The van der Waals surface area contributed by atoms with E-state index in [1.54, 1.807) is 42.7 Å². The van der Waals surface area contributed by atoms with Crippen LogP contribution in [0.1, 0.15) is 40.5 Å². The van der Waals surface area contributed by atoms with Crippen LogP contribution in [0.15, 0.2) is 0 Å². The number of rotatable bonds is 14. The van der Waals surface area contributed by atoms with E-state index in [2.05, 4.69) is 13.8 Å². The Balaban J connectivity index is -0.000000151. The van der Waals surface area contributed by atoms with Gasteiger partial charge in [0.15, 0.2) is 0 Å². The molecule has 0 aromatic heterocycles. The van der Waals surface area contributed by atoms with Crippen LogP contribution in [0.3, 0.4) is 0 Å². The third-order valence-corrected chi connectivity index (χ3v) is 3.80. The Kier molecular flexibility index (Phi) is 41.1. The lowest BCUT2D eigenvalue weighted by atomic mass is 10.2. The van der Waals surface area contributed by atoms with E-state index in [0.29, 0.717) is 19.1 Å². The lowest BCUT2D eigenvalue weighted by molar-refractivity contribution is 0.0265. The molecule has 0 aromatic carbocycles. The molecule has 0 heterocycles. The summed E-state index contributed by atoms with van der Waals surface area (Å²) >= 11 is 0. The summed E-state index contributed by atoms with van der Waals surface area (Å²) in [5.41, 5.74) is 0. The van der Waals surface area contributed by atoms with E-state index in [-0.39, 0.29) is 31.3 Å². The average molecular weight is 445 g/mol. The predicted octanol–water partition coefficient (Wildman–Crippen LogP) is 2.64. The van der Waals surface area contributed by atoms with Crippen LogP contribution in [0.5, 0.6) is 0 Å². The van der Waals surface area contributed by atoms with Gasteiger partial charge < -0.3 is 38.6 Å². The third-order valence-electron chi connectivity index (χ3n) is 3.80. The minimum Gasteiger partial charge on any atom is -0.396 e. The fourth-order valence-corrected chi connectivity index (χ4v) is 1.86. The van der Waals surface area contributed by atoms with E-state index in [9.17, 15) is 0 Å². The highest BCUT2D eigenvalue weighted by molar-refractivity contribution is 4.49. The Hall–Kier alpha value is -0.320. The maximum atomic E-state index is 8.40. The fourth-order valence-electron chi connectivity index (χ4n) is 1.86. The Labute approximate surface area is 186 Å². The molecular formula is C22H52O8. The molecule has 0 spiro atoms. The molecule has 0 aromatic rings. The molecule has 0 saturated heterocycles. The predicted molar refractivity (Wildman–Crippen MR) is 122 cm³/mol. The van der Waals surface area contributed by atoms with Gasteiger partial charge in [-0.25, -0.2) is 0 Å². The van der Waals surface area contributed by atoms with Crippen molar-refractivity contribution in [3.05, 3.63) is 0 Å². The Morgan fingerprint density at radius 3 is 1.03 bits per heavy atom. The highest BCUT2D eigenvalue weighted by Crippen LogP contribution is 1.94. The smallest absolute Gasteiger partial charge is 0.0801 e. The molecule has 0 bridgehead atoms. The standard InChI is InChI=1S/2C6H14O2.2C5H12O2/c1-6(4-7-2)5-8-3;1-4-6(8-3)5-7-2;1-5(3-6)4-7-2;1-3-5(4-6)7-2/h2*6H,4-5H2,1-3H3;2*5-6H,3-4H2,1-2H3. The average Bonchev–Trinajstić information content (AvgIpc) is 2.75. The van der Waals surface area contributed by atoms with Crippen LogP contribution in [0.25, 0.3) is 0 Å². The normalized spacial score (nSPS) is 13.1. The van der Waals surface area contributed by atoms with Gasteiger partial charge >= 0.3 is 0 Å². The zero-order valence-electron chi connectivity index (χ0n) is 21.3. The van der Waals surface area contributed by atoms with E-state index in [0.717, 1.165) is 26.1 Å². The van der Waals surface area contributed by atoms with Gasteiger partial charge in [-0.15, -0.1) is 0 Å². The molecule has 3 atom stereocenters. The van der Waals surface area contributed by atoms with Crippen LogP contribution in [0.4, 0.5) is 0 Å². The Morgan fingerprint density at radius 2 is 0.900 bits per heavy atom. The largest absolute Gasteiger partial charge is 0.396 e. The SMILES string of the molecule is CCC(CO)OC.CCC(COC)OC.COCC(C)CO.COCC(C)COC. The minimum absolute atomic E-state index is 0.0417. The summed E-state index contributed by atoms with van der Waals surface area (Å²) in [6.07, 6.45) is 2.22. The molecular weight excluding hydrogens is 392 g/mol. The van der Waals surface area contributed by atoms with Crippen molar-refractivity contribution in [3.8, 4) is 0 Å². The van der Waals surface area contributed by atoms with Gasteiger partial charge in [0.05, 0.1) is 45.2 Å². The molecule has 188 valence electrons. The molecule has 8 heteroatoms. The number of ether oxygens (including phenoxy) is 6. The summed E-state index contributed by atoms with van der Waals surface area (Å²) in [6, 6.07) is 0. The van der Waals surface area contributed by atoms with Gasteiger partial charge in [0.1, 0.15) is 0 Å². The monoisotopic (exact) mass is 444 g/mol. The van der Waals surface area contributed by atoms with Gasteiger partial charge in [-0.05, 0) is 12.8 Å². The third kappa shape index (κ3) is 35.1. The van der Waals surface area contributed by atoms with Crippen LogP contribution in [-0.4, -0.2) is 105 Å². The molecule has 30 heavy (non-hydrogen) atoms. The van der Waals surface area contributed by atoms with Crippen molar-refractivity contribution in [1.82, 2.24) is 0 Å². The Morgan fingerprint density at radius 1 is 0.533 bits per heavy atom. The highest BCUT2D eigenvalue weighted by Gasteiger charge is 2.00. The first-order valence-corrected chi connectivity index (χ1v) is 10.5. The number of aliphatic hydroxyl groups excluding tert-OH is 2. The van der Waals surface area contributed by atoms with Crippen molar-refractivity contribution in [3.63, 3.8) is 0 Å². The molecule has 0 saturated carbocycles. The maximum absolute atomic E-state index is 8.40. The molecule has 0 rings (SSSR count). The first-order chi connectivity index (χ1) is 14.3. The second-order valence-electron chi connectivity index (χ2n) is 6.93. The van der Waals surface area contributed by atoms with Crippen molar-refractivity contribution in [2.45, 2.75) is 52.7 Å². The van der Waals surface area contributed by atoms with Gasteiger partial charge in [0.2, 0.25) is 0 Å². The highest BCUT2D eigenvalue weighted by atomic mass is 16.5. The fraction of sp³-hybridized carbons (Fsp3) is 1.00. The van der Waals surface area contributed by atoms with E-state index < -0.39 is 0 Å². The first kappa shape index (κ1) is 37.0. The number of aliphatic hydroxyl groups is 2. The first-order valence-electron chi connectivity index (χ1n) is 10.5. The lowest BCUT2D eigenvalue weighted by Gasteiger charge is -2.09. The number of hydrogen-bond donors (Lipinski definition) is 2. The van der Waals surface area contributed by atoms with Crippen LogP contribution < -0.4 is 0 Å². The van der Waals surface area contributed by atoms with Crippen LogP contribution >= 0.6 is 0 Å². The van der Waals surface area contributed by atoms with Gasteiger partial charge in [-0.1, -0.05) is 27.7 Å². The molecule has 0 radical (unpaired) electrons.